The highest BCUT2D eigenvalue weighted by molar-refractivity contribution is 7.47. The second-order valence-electron chi connectivity index (χ2n) is 26.6. The van der Waals surface area contributed by atoms with Gasteiger partial charge in [-0.05, 0) is 37.5 Å². The molecule has 2 unspecified atom stereocenters. The molecule has 17 nitrogen and oxygen atoms in total. The van der Waals surface area contributed by atoms with E-state index in [1.807, 2.05) is 0 Å². The van der Waals surface area contributed by atoms with Crippen LogP contribution in [0.15, 0.2) is 0 Å². The van der Waals surface area contributed by atoms with E-state index in [1.54, 1.807) is 0 Å². The van der Waals surface area contributed by atoms with E-state index in [0.29, 0.717) is 31.6 Å². The Kier molecular flexibility index (Phi) is 61.8. The fourth-order valence-corrected chi connectivity index (χ4v) is 12.3. The summed E-state index contributed by atoms with van der Waals surface area (Å²) in [4.78, 5) is 72.4. The molecule has 0 saturated carbocycles. The van der Waals surface area contributed by atoms with Crippen LogP contribution >= 0.6 is 15.6 Å². The van der Waals surface area contributed by atoms with E-state index in [9.17, 15) is 43.2 Å². The monoisotopic (exact) mass is 1320 g/mol. The predicted molar refractivity (Wildman–Crippen MR) is 363 cm³/mol. The van der Waals surface area contributed by atoms with Gasteiger partial charge in [-0.3, -0.25) is 37.3 Å². The Bertz CT molecular complexity index is 1750. The zero-order valence-corrected chi connectivity index (χ0v) is 60.2. The molecule has 0 fully saturated rings. The molecular weight excluding hydrogens is 1190 g/mol. The molecule has 19 heteroatoms. The summed E-state index contributed by atoms with van der Waals surface area (Å²) in [6.07, 6.45) is 48.8. The number of carbonyl (C=O) groups is 4. The smallest absolute Gasteiger partial charge is 0.462 e. The van der Waals surface area contributed by atoms with Crippen molar-refractivity contribution in [2.24, 2.45) is 11.8 Å². The molecule has 0 saturated heterocycles. The number of unbranched alkanes of at least 4 members (excludes halogenated alkanes) is 40. The lowest BCUT2D eigenvalue weighted by Gasteiger charge is -2.21. The number of ether oxygens (including phenoxy) is 4. The standard InChI is InChI=1S/C71H138O17P2/c1-7-9-11-13-15-17-30-36-43-49-55-70(75)87-66(59-81-68(73)53-47-41-35-28-16-14-12-10-8-2)61-85-89(77,78)83-57-65(72)58-84-90(79,80)86-62-67(60-82-69(74)54-48-42-38-32-34-40-46-52-64(5)6)88-71(76)56-50-44-37-31-27-25-23-21-19-18-20-22-24-26-29-33-39-45-51-63(3)4/h63-67,72H,7-62H2,1-6H3,(H,77,78)(H,79,80)/t65-,66+,67+/m0/s1. The number of aliphatic hydroxyl groups excluding tert-OH is 1. The molecular formula is C71H138O17P2. The van der Waals surface area contributed by atoms with Crippen LogP contribution in [0.4, 0.5) is 0 Å². The van der Waals surface area contributed by atoms with Crippen LogP contribution in [-0.4, -0.2) is 96.7 Å². The number of carbonyl (C=O) groups excluding carboxylic acids is 4. The van der Waals surface area contributed by atoms with Crippen molar-refractivity contribution in [1.29, 1.82) is 0 Å². The lowest BCUT2D eigenvalue weighted by Crippen LogP contribution is -2.30. The number of aliphatic hydroxyl groups is 1. The van der Waals surface area contributed by atoms with Crippen molar-refractivity contribution in [2.45, 2.75) is 381 Å². The maximum atomic E-state index is 13.0. The molecule has 0 spiro atoms. The fraction of sp³-hybridized carbons (Fsp3) is 0.944. The zero-order valence-electron chi connectivity index (χ0n) is 58.4. The number of esters is 4. The Labute approximate surface area is 549 Å². The summed E-state index contributed by atoms with van der Waals surface area (Å²) in [5.41, 5.74) is 0. The molecule has 0 radical (unpaired) electrons. The van der Waals surface area contributed by atoms with Gasteiger partial charge in [-0.15, -0.1) is 0 Å². The molecule has 90 heavy (non-hydrogen) atoms. The first-order valence-corrected chi connectivity index (χ1v) is 40.0. The van der Waals surface area contributed by atoms with Crippen LogP contribution in [0.3, 0.4) is 0 Å². The Hall–Kier alpha value is -1.94. The Morgan fingerprint density at radius 2 is 0.511 bits per heavy atom. The molecule has 0 amide bonds. The van der Waals surface area contributed by atoms with E-state index in [-0.39, 0.29) is 25.7 Å². The largest absolute Gasteiger partial charge is 0.472 e. The van der Waals surface area contributed by atoms with Crippen LogP contribution in [0.25, 0.3) is 0 Å². The van der Waals surface area contributed by atoms with E-state index < -0.39 is 97.5 Å². The molecule has 3 N–H and O–H groups in total. The molecule has 534 valence electrons. The SMILES string of the molecule is CCCCCCCCCCCCC(=O)O[C@H](COC(=O)CCCCCCCCCCC)COP(=O)(O)OC[C@H](O)COP(=O)(O)OC[C@@H](COC(=O)CCCCCCCCCC(C)C)OC(=O)CCCCCCCCCCCCCCCCCCCCC(C)C. The average Bonchev–Trinajstić information content (AvgIpc) is 3.67. The van der Waals surface area contributed by atoms with Gasteiger partial charge in [0.15, 0.2) is 12.2 Å². The third-order valence-electron chi connectivity index (χ3n) is 16.5. The molecule has 5 atom stereocenters. The van der Waals surface area contributed by atoms with Gasteiger partial charge in [-0.2, -0.15) is 0 Å². The van der Waals surface area contributed by atoms with Gasteiger partial charge in [-0.1, -0.05) is 311 Å². The quantitative estimate of drug-likeness (QED) is 0.0222. The fourth-order valence-electron chi connectivity index (χ4n) is 10.8. The van der Waals surface area contributed by atoms with Crippen molar-refractivity contribution in [2.75, 3.05) is 39.6 Å². The highest BCUT2D eigenvalue weighted by Crippen LogP contribution is 2.45. The van der Waals surface area contributed by atoms with Crippen molar-refractivity contribution < 1.29 is 80.2 Å². The van der Waals surface area contributed by atoms with Crippen molar-refractivity contribution in [3.63, 3.8) is 0 Å². The van der Waals surface area contributed by atoms with Gasteiger partial charge in [0.05, 0.1) is 26.4 Å². The predicted octanol–water partition coefficient (Wildman–Crippen LogP) is 20.4. The lowest BCUT2D eigenvalue weighted by molar-refractivity contribution is -0.161. The number of hydrogen-bond acceptors (Lipinski definition) is 15. The summed E-state index contributed by atoms with van der Waals surface area (Å²) in [6.45, 7) is 9.51. The van der Waals surface area contributed by atoms with Crippen molar-refractivity contribution in [3.8, 4) is 0 Å². The molecule has 0 aliphatic heterocycles. The lowest BCUT2D eigenvalue weighted by atomic mass is 10.0. The number of hydrogen-bond donors (Lipinski definition) is 3. The van der Waals surface area contributed by atoms with E-state index >= 15 is 0 Å². The third kappa shape index (κ3) is 64.8. The molecule has 0 heterocycles. The highest BCUT2D eigenvalue weighted by Gasteiger charge is 2.30. The minimum absolute atomic E-state index is 0.106. The zero-order chi connectivity index (χ0) is 66.5. The summed E-state index contributed by atoms with van der Waals surface area (Å²) in [5, 5.41) is 10.6. The van der Waals surface area contributed by atoms with E-state index in [1.165, 1.54) is 173 Å². The van der Waals surface area contributed by atoms with Crippen LogP contribution in [0.5, 0.6) is 0 Å². The normalized spacial score (nSPS) is 14.1. The van der Waals surface area contributed by atoms with Crippen molar-refractivity contribution in [3.05, 3.63) is 0 Å². The minimum Gasteiger partial charge on any atom is -0.462 e. The van der Waals surface area contributed by atoms with Crippen molar-refractivity contribution >= 4 is 39.5 Å². The first-order chi connectivity index (χ1) is 43.4. The van der Waals surface area contributed by atoms with Crippen LogP contribution in [0.2, 0.25) is 0 Å². The third-order valence-corrected chi connectivity index (χ3v) is 18.4. The summed E-state index contributed by atoms with van der Waals surface area (Å²) in [5.74, 6) is -0.601. The van der Waals surface area contributed by atoms with E-state index in [2.05, 4.69) is 41.5 Å². The maximum absolute atomic E-state index is 13.0. The van der Waals surface area contributed by atoms with E-state index in [4.69, 9.17) is 37.0 Å². The van der Waals surface area contributed by atoms with Crippen LogP contribution < -0.4 is 0 Å². The number of rotatable bonds is 70. The average molecular weight is 1330 g/mol. The Morgan fingerprint density at radius 3 is 0.756 bits per heavy atom. The summed E-state index contributed by atoms with van der Waals surface area (Å²) in [6, 6.07) is 0. The minimum atomic E-state index is -4.95. The van der Waals surface area contributed by atoms with Crippen molar-refractivity contribution in [1.82, 2.24) is 0 Å². The molecule has 0 aromatic carbocycles. The first kappa shape index (κ1) is 88.1. The summed E-state index contributed by atoms with van der Waals surface area (Å²) in [7, 11) is -9.89. The van der Waals surface area contributed by atoms with Gasteiger partial charge in [0, 0.05) is 25.7 Å². The molecule has 0 aliphatic carbocycles. The Balaban J connectivity index is 5.14. The van der Waals surface area contributed by atoms with Gasteiger partial charge in [0.2, 0.25) is 0 Å². The Morgan fingerprint density at radius 1 is 0.300 bits per heavy atom. The van der Waals surface area contributed by atoms with Crippen LogP contribution in [0, 0.1) is 11.8 Å². The van der Waals surface area contributed by atoms with Gasteiger partial charge in [0.25, 0.3) is 0 Å². The molecule has 0 aromatic heterocycles. The van der Waals surface area contributed by atoms with E-state index in [0.717, 1.165) is 102 Å². The summed E-state index contributed by atoms with van der Waals surface area (Å²) >= 11 is 0. The molecule has 0 aromatic rings. The topological polar surface area (TPSA) is 237 Å². The highest BCUT2D eigenvalue weighted by atomic mass is 31.2. The van der Waals surface area contributed by atoms with Crippen LogP contribution in [-0.2, 0) is 65.4 Å². The van der Waals surface area contributed by atoms with Crippen LogP contribution in [0.1, 0.15) is 363 Å². The van der Waals surface area contributed by atoms with Gasteiger partial charge in [0.1, 0.15) is 19.3 Å². The summed E-state index contributed by atoms with van der Waals surface area (Å²) < 4.78 is 68.2. The molecule has 0 aliphatic rings. The first-order valence-electron chi connectivity index (χ1n) is 37.0. The van der Waals surface area contributed by atoms with Gasteiger partial charge < -0.3 is 33.8 Å². The molecule has 0 rings (SSSR count). The van der Waals surface area contributed by atoms with Gasteiger partial charge >= 0.3 is 39.5 Å². The maximum Gasteiger partial charge on any atom is 0.472 e. The van der Waals surface area contributed by atoms with Gasteiger partial charge in [-0.25, -0.2) is 9.13 Å². The second-order valence-corrected chi connectivity index (χ2v) is 29.5. The second kappa shape index (κ2) is 63.1. The molecule has 0 bridgehead atoms. The number of phosphoric ester groups is 2. The number of phosphoric acid groups is 2.